The van der Waals surface area contributed by atoms with Crippen LogP contribution in [0, 0.1) is 0 Å². The van der Waals surface area contributed by atoms with Gasteiger partial charge in [-0.1, -0.05) is 11.6 Å². The SMILES string of the molecule is CNc1ccc(Br)c(Cl)c1.Cl. The summed E-state index contributed by atoms with van der Waals surface area (Å²) in [6.07, 6.45) is 0. The average molecular weight is 257 g/mol. The predicted octanol–water partition coefficient (Wildman–Crippen LogP) is 3.57. The summed E-state index contributed by atoms with van der Waals surface area (Å²) >= 11 is 9.10. The summed E-state index contributed by atoms with van der Waals surface area (Å²) < 4.78 is 0.924. The molecule has 0 aliphatic rings. The van der Waals surface area contributed by atoms with Crippen LogP contribution in [0.2, 0.25) is 5.02 Å². The monoisotopic (exact) mass is 255 g/mol. The van der Waals surface area contributed by atoms with Crippen molar-refractivity contribution in [3.05, 3.63) is 27.7 Å². The Morgan fingerprint density at radius 3 is 2.55 bits per heavy atom. The Labute approximate surface area is 85.7 Å². The fourth-order valence-corrected chi connectivity index (χ4v) is 1.08. The molecule has 0 unspecified atom stereocenters. The van der Waals surface area contributed by atoms with Gasteiger partial charge in [-0.25, -0.2) is 0 Å². The van der Waals surface area contributed by atoms with E-state index in [-0.39, 0.29) is 12.4 Å². The first-order chi connectivity index (χ1) is 4.74. The van der Waals surface area contributed by atoms with Crippen LogP contribution in [0.25, 0.3) is 0 Å². The Morgan fingerprint density at radius 1 is 1.45 bits per heavy atom. The third-order valence-electron chi connectivity index (χ3n) is 1.21. The van der Waals surface area contributed by atoms with Crippen LogP contribution in [0.3, 0.4) is 0 Å². The van der Waals surface area contributed by atoms with E-state index in [1.54, 1.807) is 0 Å². The Kier molecular flexibility index (Phi) is 4.89. The molecule has 0 spiro atoms. The molecular weight excluding hydrogens is 249 g/mol. The highest BCUT2D eigenvalue weighted by Gasteiger charge is 1.95. The molecule has 0 radical (unpaired) electrons. The average Bonchev–Trinajstić information content (AvgIpc) is 1.95. The second kappa shape index (κ2) is 4.86. The molecule has 0 aromatic heterocycles. The molecule has 0 heterocycles. The van der Waals surface area contributed by atoms with Gasteiger partial charge in [0.2, 0.25) is 0 Å². The lowest BCUT2D eigenvalue weighted by molar-refractivity contribution is 1.50. The van der Waals surface area contributed by atoms with Gasteiger partial charge in [0.15, 0.2) is 0 Å². The summed E-state index contributed by atoms with van der Waals surface area (Å²) in [7, 11) is 1.86. The number of halogens is 3. The van der Waals surface area contributed by atoms with Gasteiger partial charge in [0, 0.05) is 17.2 Å². The highest BCUT2D eigenvalue weighted by molar-refractivity contribution is 9.10. The fraction of sp³-hybridized carbons (Fsp3) is 0.143. The molecule has 62 valence electrons. The number of anilines is 1. The highest BCUT2D eigenvalue weighted by Crippen LogP contribution is 2.24. The molecule has 0 aliphatic heterocycles. The summed E-state index contributed by atoms with van der Waals surface area (Å²) in [6, 6.07) is 5.73. The predicted molar refractivity (Wildman–Crippen MR) is 55.9 cm³/mol. The van der Waals surface area contributed by atoms with Crippen LogP contribution in [-0.4, -0.2) is 7.05 Å². The zero-order chi connectivity index (χ0) is 7.56. The van der Waals surface area contributed by atoms with Gasteiger partial charge in [0.05, 0.1) is 5.02 Å². The maximum atomic E-state index is 5.81. The first-order valence-corrected chi connectivity index (χ1v) is 4.04. The van der Waals surface area contributed by atoms with Crippen molar-refractivity contribution in [2.45, 2.75) is 0 Å². The second-order valence-electron chi connectivity index (χ2n) is 1.88. The lowest BCUT2D eigenvalue weighted by Gasteiger charge is -2.00. The van der Waals surface area contributed by atoms with Crippen LogP contribution in [0.5, 0.6) is 0 Å². The van der Waals surface area contributed by atoms with Crippen molar-refractivity contribution in [3.63, 3.8) is 0 Å². The minimum Gasteiger partial charge on any atom is -0.388 e. The third kappa shape index (κ3) is 2.89. The maximum absolute atomic E-state index is 5.81. The number of benzene rings is 1. The van der Waals surface area contributed by atoms with Crippen molar-refractivity contribution in [2.75, 3.05) is 12.4 Å². The van der Waals surface area contributed by atoms with E-state index in [1.807, 2.05) is 25.2 Å². The van der Waals surface area contributed by atoms with Crippen LogP contribution in [-0.2, 0) is 0 Å². The molecule has 1 N–H and O–H groups in total. The number of hydrogen-bond acceptors (Lipinski definition) is 1. The van der Waals surface area contributed by atoms with Gasteiger partial charge in [-0.3, -0.25) is 0 Å². The van der Waals surface area contributed by atoms with Crippen LogP contribution in [0.4, 0.5) is 5.69 Å². The number of rotatable bonds is 1. The van der Waals surface area contributed by atoms with Gasteiger partial charge in [0.25, 0.3) is 0 Å². The van der Waals surface area contributed by atoms with Gasteiger partial charge in [-0.05, 0) is 34.1 Å². The van der Waals surface area contributed by atoms with E-state index >= 15 is 0 Å². The minimum absolute atomic E-state index is 0. The Hall–Kier alpha value is 0.0800. The molecule has 1 nitrogen and oxygen atoms in total. The number of hydrogen-bond donors (Lipinski definition) is 1. The van der Waals surface area contributed by atoms with Crippen molar-refractivity contribution in [1.82, 2.24) is 0 Å². The first kappa shape index (κ1) is 11.1. The third-order valence-corrected chi connectivity index (χ3v) is 2.44. The first-order valence-electron chi connectivity index (χ1n) is 2.87. The highest BCUT2D eigenvalue weighted by atomic mass is 79.9. The molecule has 0 saturated heterocycles. The van der Waals surface area contributed by atoms with Crippen LogP contribution in [0.1, 0.15) is 0 Å². The van der Waals surface area contributed by atoms with Gasteiger partial charge < -0.3 is 5.32 Å². The van der Waals surface area contributed by atoms with Gasteiger partial charge in [-0.2, -0.15) is 0 Å². The zero-order valence-electron chi connectivity index (χ0n) is 5.90. The Morgan fingerprint density at radius 2 is 2.09 bits per heavy atom. The summed E-state index contributed by atoms with van der Waals surface area (Å²) in [4.78, 5) is 0. The Balaban J connectivity index is 0.000001000. The molecular formula is C7H8BrCl2N. The smallest absolute Gasteiger partial charge is 0.0568 e. The van der Waals surface area contributed by atoms with Crippen molar-refractivity contribution < 1.29 is 0 Å². The number of nitrogens with one attached hydrogen (secondary N) is 1. The molecule has 4 heteroatoms. The molecule has 0 saturated carbocycles. The van der Waals surface area contributed by atoms with Crippen molar-refractivity contribution >= 4 is 45.6 Å². The van der Waals surface area contributed by atoms with Crippen molar-refractivity contribution in [3.8, 4) is 0 Å². The lowest BCUT2D eigenvalue weighted by Crippen LogP contribution is -1.86. The molecule has 0 aliphatic carbocycles. The van der Waals surface area contributed by atoms with E-state index in [1.165, 1.54) is 0 Å². The van der Waals surface area contributed by atoms with E-state index in [9.17, 15) is 0 Å². The Bertz CT molecular complexity index is 240. The molecule has 1 aromatic carbocycles. The summed E-state index contributed by atoms with van der Waals surface area (Å²) in [5.74, 6) is 0. The quantitative estimate of drug-likeness (QED) is 0.810. The van der Waals surface area contributed by atoms with Crippen LogP contribution < -0.4 is 5.32 Å². The van der Waals surface area contributed by atoms with E-state index in [2.05, 4.69) is 21.2 Å². The lowest BCUT2D eigenvalue weighted by atomic mass is 10.3. The van der Waals surface area contributed by atoms with E-state index in [4.69, 9.17) is 11.6 Å². The molecule has 0 atom stereocenters. The van der Waals surface area contributed by atoms with Crippen molar-refractivity contribution in [1.29, 1.82) is 0 Å². The molecule has 0 fully saturated rings. The van der Waals surface area contributed by atoms with Gasteiger partial charge >= 0.3 is 0 Å². The second-order valence-corrected chi connectivity index (χ2v) is 3.14. The van der Waals surface area contributed by atoms with Gasteiger partial charge in [0.1, 0.15) is 0 Å². The maximum Gasteiger partial charge on any atom is 0.0568 e. The molecule has 1 rings (SSSR count). The van der Waals surface area contributed by atoms with E-state index in [0.29, 0.717) is 0 Å². The summed E-state index contributed by atoms with van der Waals surface area (Å²) in [5.41, 5.74) is 1.02. The topological polar surface area (TPSA) is 12.0 Å². The normalized spacial score (nSPS) is 8.64. The fourth-order valence-electron chi connectivity index (χ4n) is 0.652. The molecule has 0 bridgehead atoms. The zero-order valence-corrected chi connectivity index (χ0v) is 9.05. The largest absolute Gasteiger partial charge is 0.388 e. The minimum atomic E-state index is 0. The van der Waals surface area contributed by atoms with Crippen molar-refractivity contribution in [2.24, 2.45) is 0 Å². The van der Waals surface area contributed by atoms with E-state index in [0.717, 1.165) is 15.2 Å². The van der Waals surface area contributed by atoms with E-state index < -0.39 is 0 Å². The van der Waals surface area contributed by atoms with Crippen LogP contribution >= 0.6 is 39.9 Å². The molecule has 11 heavy (non-hydrogen) atoms. The molecule has 1 aromatic rings. The van der Waals surface area contributed by atoms with Crippen LogP contribution in [0.15, 0.2) is 22.7 Å². The standard InChI is InChI=1S/C7H7BrClN.ClH/c1-10-5-2-3-6(8)7(9)4-5;/h2-4,10H,1H3;1H. The summed E-state index contributed by atoms with van der Waals surface area (Å²) in [5, 5.41) is 3.72. The van der Waals surface area contributed by atoms with Gasteiger partial charge in [-0.15, -0.1) is 12.4 Å². The molecule has 0 amide bonds. The summed E-state index contributed by atoms with van der Waals surface area (Å²) in [6.45, 7) is 0.